The quantitative estimate of drug-likeness (QED) is 0.669. The summed E-state index contributed by atoms with van der Waals surface area (Å²) in [5.74, 6) is 6.17. The number of benzene rings is 1. The van der Waals surface area contributed by atoms with Crippen LogP contribution in [-0.4, -0.2) is 12.3 Å². The molecule has 15 heavy (non-hydrogen) atoms. The number of nitrogens with zero attached hydrogens (tertiary/aromatic N) is 1. The molecular formula is C13H13NO. The van der Waals surface area contributed by atoms with Crippen molar-refractivity contribution >= 4 is 5.71 Å². The van der Waals surface area contributed by atoms with Crippen LogP contribution < -0.4 is 0 Å². The van der Waals surface area contributed by atoms with Crippen LogP contribution in [-0.2, 0) is 11.3 Å². The highest BCUT2D eigenvalue weighted by Gasteiger charge is 2.21. The molecule has 0 fully saturated rings. The second kappa shape index (κ2) is 4.65. The van der Waals surface area contributed by atoms with Crippen molar-refractivity contribution in [2.75, 3.05) is 6.61 Å². The summed E-state index contributed by atoms with van der Waals surface area (Å²) in [5, 5.41) is 3.95. The largest absolute Gasteiger partial charge is 0.394 e. The van der Waals surface area contributed by atoms with Crippen LogP contribution in [0, 0.1) is 17.8 Å². The van der Waals surface area contributed by atoms with Gasteiger partial charge in [-0.3, -0.25) is 0 Å². The zero-order valence-electron chi connectivity index (χ0n) is 8.73. The van der Waals surface area contributed by atoms with Crippen molar-refractivity contribution in [3.8, 4) is 11.8 Å². The van der Waals surface area contributed by atoms with E-state index in [1.807, 2.05) is 25.1 Å². The summed E-state index contributed by atoms with van der Waals surface area (Å²) in [6.45, 7) is 2.47. The summed E-state index contributed by atoms with van der Waals surface area (Å²) in [4.78, 5) is 5.08. The molecule has 2 nitrogen and oxygen atoms in total. The van der Waals surface area contributed by atoms with Crippen LogP contribution in [0.4, 0.5) is 0 Å². The van der Waals surface area contributed by atoms with Crippen molar-refractivity contribution < 1.29 is 4.84 Å². The monoisotopic (exact) mass is 199 g/mol. The lowest BCUT2D eigenvalue weighted by Crippen LogP contribution is -2.14. The lowest BCUT2D eigenvalue weighted by atomic mass is 9.96. The Labute approximate surface area is 89.9 Å². The normalized spacial score (nSPS) is 18.7. The van der Waals surface area contributed by atoms with Gasteiger partial charge >= 0.3 is 0 Å². The molecule has 2 rings (SSSR count). The fourth-order valence-electron chi connectivity index (χ4n) is 1.66. The number of hydrogen-bond donors (Lipinski definition) is 0. The van der Waals surface area contributed by atoms with Crippen molar-refractivity contribution in [3.05, 3.63) is 35.9 Å². The lowest BCUT2D eigenvalue weighted by molar-refractivity contribution is 0.154. The Bertz CT molecular complexity index is 411. The molecule has 1 aliphatic rings. The SMILES string of the molecule is CC#CC1=NOC[C@@H]1Cc1ccccc1. The first-order valence-electron chi connectivity index (χ1n) is 5.06. The molecule has 0 aliphatic carbocycles. The van der Waals surface area contributed by atoms with E-state index < -0.39 is 0 Å². The zero-order chi connectivity index (χ0) is 10.5. The van der Waals surface area contributed by atoms with Crippen LogP contribution >= 0.6 is 0 Å². The molecule has 2 heteroatoms. The lowest BCUT2D eigenvalue weighted by Gasteiger charge is -2.06. The second-order valence-corrected chi connectivity index (χ2v) is 3.53. The van der Waals surface area contributed by atoms with Gasteiger partial charge in [0, 0.05) is 0 Å². The third-order valence-corrected chi connectivity index (χ3v) is 2.40. The molecule has 1 aromatic rings. The number of oxime groups is 1. The van der Waals surface area contributed by atoms with Crippen molar-refractivity contribution in [1.29, 1.82) is 0 Å². The summed E-state index contributed by atoms with van der Waals surface area (Å²) in [7, 11) is 0. The van der Waals surface area contributed by atoms with Gasteiger partial charge in [0.05, 0.1) is 5.92 Å². The molecule has 1 heterocycles. The Balaban J connectivity index is 2.06. The molecule has 0 unspecified atom stereocenters. The van der Waals surface area contributed by atoms with Gasteiger partial charge in [-0.25, -0.2) is 0 Å². The average Bonchev–Trinajstić information content (AvgIpc) is 2.68. The van der Waals surface area contributed by atoms with Crippen LogP contribution in [0.1, 0.15) is 12.5 Å². The Morgan fingerprint density at radius 1 is 1.40 bits per heavy atom. The number of rotatable bonds is 2. The maximum Gasteiger partial charge on any atom is 0.136 e. The van der Waals surface area contributed by atoms with E-state index in [2.05, 4.69) is 29.1 Å². The minimum absolute atomic E-state index is 0.319. The van der Waals surface area contributed by atoms with E-state index >= 15 is 0 Å². The van der Waals surface area contributed by atoms with Crippen LogP contribution in [0.5, 0.6) is 0 Å². The van der Waals surface area contributed by atoms with Gasteiger partial charge in [0.1, 0.15) is 12.3 Å². The Kier molecular flexibility index (Phi) is 3.04. The van der Waals surface area contributed by atoms with Gasteiger partial charge in [-0.1, -0.05) is 41.4 Å². The first kappa shape index (κ1) is 9.79. The smallest absolute Gasteiger partial charge is 0.136 e. The summed E-state index contributed by atoms with van der Waals surface area (Å²) in [5.41, 5.74) is 2.18. The maximum atomic E-state index is 5.08. The highest BCUT2D eigenvalue weighted by Crippen LogP contribution is 2.15. The first-order valence-corrected chi connectivity index (χ1v) is 5.06. The molecule has 0 spiro atoms. The molecule has 1 atom stereocenters. The standard InChI is InChI=1S/C13H13NO/c1-2-6-13-12(10-15-14-13)9-11-7-4-3-5-8-11/h3-5,7-8,12H,9-10H2,1H3/t12-/m0/s1. The van der Waals surface area contributed by atoms with E-state index in [0.717, 1.165) is 12.1 Å². The van der Waals surface area contributed by atoms with Crippen LogP contribution in [0.3, 0.4) is 0 Å². The van der Waals surface area contributed by atoms with Gasteiger partial charge in [-0.15, -0.1) is 0 Å². The summed E-state index contributed by atoms with van der Waals surface area (Å²) >= 11 is 0. The van der Waals surface area contributed by atoms with Crippen LogP contribution in [0.2, 0.25) is 0 Å². The molecule has 0 saturated carbocycles. The average molecular weight is 199 g/mol. The molecule has 1 aromatic carbocycles. The molecule has 1 aliphatic heterocycles. The molecule has 0 amide bonds. The molecule has 76 valence electrons. The van der Waals surface area contributed by atoms with Gasteiger partial charge in [0.15, 0.2) is 0 Å². The van der Waals surface area contributed by atoms with E-state index in [1.165, 1.54) is 5.56 Å². The van der Waals surface area contributed by atoms with E-state index in [-0.39, 0.29) is 0 Å². The van der Waals surface area contributed by atoms with E-state index in [1.54, 1.807) is 0 Å². The first-order chi connectivity index (χ1) is 7.40. The Morgan fingerprint density at radius 3 is 2.93 bits per heavy atom. The summed E-state index contributed by atoms with van der Waals surface area (Å²) in [6, 6.07) is 10.4. The predicted molar refractivity (Wildman–Crippen MR) is 60.5 cm³/mol. The minimum Gasteiger partial charge on any atom is -0.394 e. The van der Waals surface area contributed by atoms with Crippen molar-refractivity contribution in [2.45, 2.75) is 13.3 Å². The van der Waals surface area contributed by atoms with E-state index in [4.69, 9.17) is 4.84 Å². The van der Waals surface area contributed by atoms with Crippen molar-refractivity contribution in [1.82, 2.24) is 0 Å². The fourth-order valence-corrected chi connectivity index (χ4v) is 1.66. The molecule has 0 bridgehead atoms. The molecular weight excluding hydrogens is 186 g/mol. The molecule has 0 radical (unpaired) electrons. The zero-order valence-corrected chi connectivity index (χ0v) is 8.73. The van der Waals surface area contributed by atoms with Gasteiger partial charge < -0.3 is 4.84 Å². The third kappa shape index (κ3) is 2.38. The van der Waals surface area contributed by atoms with Gasteiger partial charge in [-0.2, -0.15) is 0 Å². The molecule has 0 N–H and O–H groups in total. The topological polar surface area (TPSA) is 21.6 Å². The predicted octanol–water partition coefficient (Wildman–Crippen LogP) is 2.25. The number of hydrogen-bond acceptors (Lipinski definition) is 2. The Hall–Kier alpha value is -1.75. The fraction of sp³-hybridized carbons (Fsp3) is 0.308. The third-order valence-electron chi connectivity index (χ3n) is 2.40. The molecule has 0 saturated heterocycles. The Morgan fingerprint density at radius 2 is 2.20 bits per heavy atom. The van der Waals surface area contributed by atoms with Gasteiger partial charge in [0.25, 0.3) is 0 Å². The maximum absolute atomic E-state index is 5.08. The van der Waals surface area contributed by atoms with Crippen LogP contribution in [0.25, 0.3) is 0 Å². The van der Waals surface area contributed by atoms with Crippen molar-refractivity contribution in [2.24, 2.45) is 11.1 Å². The molecule has 0 aromatic heterocycles. The van der Waals surface area contributed by atoms with Gasteiger partial charge in [0.2, 0.25) is 0 Å². The van der Waals surface area contributed by atoms with E-state index in [9.17, 15) is 0 Å². The second-order valence-electron chi connectivity index (χ2n) is 3.53. The highest BCUT2D eigenvalue weighted by atomic mass is 16.6. The summed E-state index contributed by atoms with van der Waals surface area (Å²) < 4.78 is 0. The van der Waals surface area contributed by atoms with Gasteiger partial charge in [-0.05, 0) is 24.8 Å². The van der Waals surface area contributed by atoms with E-state index in [0.29, 0.717) is 12.5 Å². The van der Waals surface area contributed by atoms with Crippen molar-refractivity contribution in [3.63, 3.8) is 0 Å². The highest BCUT2D eigenvalue weighted by molar-refractivity contribution is 6.02. The summed E-state index contributed by atoms with van der Waals surface area (Å²) in [6.07, 6.45) is 0.953. The van der Waals surface area contributed by atoms with Crippen LogP contribution in [0.15, 0.2) is 35.5 Å². The minimum atomic E-state index is 0.319.